The highest BCUT2D eigenvalue weighted by Gasteiger charge is 2.15. The van der Waals surface area contributed by atoms with Crippen LogP contribution in [0, 0.1) is 27.7 Å². The van der Waals surface area contributed by atoms with Gasteiger partial charge < -0.3 is 10.1 Å². The predicted octanol–water partition coefficient (Wildman–Crippen LogP) is 4.42. The molecule has 1 atom stereocenters. The maximum atomic E-state index is 12.5. The third-order valence-electron chi connectivity index (χ3n) is 4.35. The molecule has 23 heavy (non-hydrogen) atoms. The van der Waals surface area contributed by atoms with Crippen molar-refractivity contribution in [3.05, 3.63) is 63.7 Å². The van der Waals surface area contributed by atoms with Crippen LogP contribution in [0.2, 0.25) is 0 Å². The molecule has 0 aliphatic heterocycles. The minimum Gasteiger partial charge on any atom is -0.496 e. The third-order valence-corrected chi connectivity index (χ3v) is 4.35. The SMILES string of the molecule is COc1ccc(C(=O)N[C@@H](C)c2cc(C)c(C)cc2C)cc1C. The standard InChI is InChI=1S/C20H25NO2/c1-12-9-14(3)18(11-13(12)2)16(5)21-20(22)17-7-8-19(23-6)15(4)10-17/h7-11,16H,1-6H3,(H,21,22)/t16-/m0/s1. The summed E-state index contributed by atoms with van der Waals surface area (Å²) in [6, 6.07) is 9.77. The second-order valence-electron chi connectivity index (χ2n) is 6.17. The number of ether oxygens (including phenoxy) is 1. The molecule has 0 unspecified atom stereocenters. The van der Waals surface area contributed by atoms with Gasteiger partial charge in [-0.25, -0.2) is 0 Å². The highest BCUT2D eigenvalue weighted by atomic mass is 16.5. The van der Waals surface area contributed by atoms with Crippen LogP contribution in [0.5, 0.6) is 5.75 Å². The summed E-state index contributed by atoms with van der Waals surface area (Å²) in [5.41, 5.74) is 6.48. The lowest BCUT2D eigenvalue weighted by Gasteiger charge is -2.19. The first-order valence-corrected chi connectivity index (χ1v) is 7.86. The summed E-state index contributed by atoms with van der Waals surface area (Å²) in [6.45, 7) is 10.2. The van der Waals surface area contributed by atoms with Crippen molar-refractivity contribution in [2.45, 2.75) is 40.7 Å². The van der Waals surface area contributed by atoms with E-state index < -0.39 is 0 Å². The largest absolute Gasteiger partial charge is 0.496 e. The smallest absolute Gasteiger partial charge is 0.251 e. The molecule has 0 saturated heterocycles. The summed E-state index contributed by atoms with van der Waals surface area (Å²) in [4.78, 5) is 12.5. The molecule has 0 heterocycles. The molecule has 1 N–H and O–H groups in total. The zero-order valence-electron chi connectivity index (χ0n) is 14.8. The van der Waals surface area contributed by atoms with Gasteiger partial charge in [0.1, 0.15) is 5.75 Å². The van der Waals surface area contributed by atoms with Crippen molar-refractivity contribution in [1.82, 2.24) is 5.32 Å². The van der Waals surface area contributed by atoms with Gasteiger partial charge in [-0.05, 0) is 80.6 Å². The molecule has 0 saturated carbocycles. The fraction of sp³-hybridized carbons (Fsp3) is 0.350. The first kappa shape index (κ1) is 17.1. The van der Waals surface area contributed by atoms with Crippen LogP contribution in [0.4, 0.5) is 0 Å². The molecule has 2 rings (SSSR count). The normalized spacial score (nSPS) is 11.9. The number of hydrogen-bond acceptors (Lipinski definition) is 2. The van der Waals surface area contributed by atoms with Crippen molar-refractivity contribution < 1.29 is 9.53 Å². The van der Waals surface area contributed by atoms with E-state index in [1.54, 1.807) is 13.2 Å². The number of amides is 1. The molecule has 0 aromatic heterocycles. The fourth-order valence-electron chi connectivity index (χ4n) is 2.83. The minimum atomic E-state index is -0.0686. The van der Waals surface area contributed by atoms with E-state index in [-0.39, 0.29) is 11.9 Å². The molecule has 122 valence electrons. The maximum Gasteiger partial charge on any atom is 0.251 e. The van der Waals surface area contributed by atoms with E-state index in [9.17, 15) is 4.79 Å². The van der Waals surface area contributed by atoms with E-state index in [4.69, 9.17) is 4.74 Å². The lowest BCUT2D eigenvalue weighted by atomic mass is 9.96. The number of carbonyl (C=O) groups is 1. The number of carbonyl (C=O) groups excluding carboxylic acids is 1. The van der Waals surface area contributed by atoms with Crippen molar-refractivity contribution in [2.24, 2.45) is 0 Å². The Kier molecular flexibility index (Phi) is 5.09. The van der Waals surface area contributed by atoms with E-state index in [1.807, 2.05) is 26.0 Å². The lowest BCUT2D eigenvalue weighted by Crippen LogP contribution is -2.27. The van der Waals surface area contributed by atoms with Gasteiger partial charge in [0.25, 0.3) is 5.91 Å². The topological polar surface area (TPSA) is 38.3 Å². The van der Waals surface area contributed by atoms with E-state index in [0.717, 1.165) is 16.9 Å². The molecule has 2 aromatic carbocycles. The molecule has 3 heteroatoms. The summed E-state index contributed by atoms with van der Waals surface area (Å²) in [5.74, 6) is 0.723. The van der Waals surface area contributed by atoms with Crippen molar-refractivity contribution >= 4 is 5.91 Å². The minimum absolute atomic E-state index is 0.0378. The average molecular weight is 311 g/mol. The van der Waals surface area contributed by atoms with Gasteiger partial charge in [-0.3, -0.25) is 4.79 Å². The zero-order valence-corrected chi connectivity index (χ0v) is 14.8. The predicted molar refractivity (Wildman–Crippen MR) is 94.3 cm³/mol. The second-order valence-corrected chi connectivity index (χ2v) is 6.17. The Labute approximate surface area is 138 Å². The van der Waals surface area contributed by atoms with Gasteiger partial charge in [-0.1, -0.05) is 12.1 Å². The van der Waals surface area contributed by atoms with Crippen molar-refractivity contribution in [1.29, 1.82) is 0 Å². The summed E-state index contributed by atoms with van der Waals surface area (Å²) in [7, 11) is 1.63. The van der Waals surface area contributed by atoms with Crippen molar-refractivity contribution in [3.8, 4) is 5.75 Å². The zero-order chi connectivity index (χ0) is 17.1. The first-order chi connectivity index (χ1) is 10.8. The Balaban J connectivity index is 2.20. The van der Waals surface area contributed by atoms with Gasteiger partial charge in [-0.15, -0.1) is 0 Å². The number of rotatable bonds is 4. The number of hydrogen-bond donors (Lipinski definition) is 1. The Bertz CT molecular complexity index is 735. The second kappa shape index (κ2) is 6.86. The molecule has 0 spiro atoms. The van der Waals surface area contributed by atoms with Gasteiger partial charge in [-0.2, -0.15) is 0 Å². The van der Waals surface area contributed by atoms with Crippen LogP contribution in [0.1, 0.15) is 51.1 Å². The van der Waals surface area contributed by atoms with Crippen LogP contribution in [-0.2, 0) is 0 Å². The molecule has 2 aromatic rings. The maximum absolute atomic E-state index is 12.5. The summed E-state index contributed by atoms with van der Waals surface area (Å²) < 4.78 is 5.24. The van der Waals surface area contributed by atoms with Crippen LogP contribution < -0.4 is 10.1 Å². The molecule has 3 nitrogen and oxygen atoms in total. The molecule has 1 amide bonds. The van der Waals surface area contributed by atoms with Gasteiger partial charge in [0, 0.05) is 5.56 Å². The van der Waals surface area contributed by atoms with Crippen LogP contribution in [-0.4, -0.2) is 13.0 Å². The van der Waals surface area contributed by atoms with E-state index in [0.29, 0.717) is 5.56 Å². The highest BCUT2D eigenvalue weighted by molar-refractivity contribution is 5.94. The number of aryl methyl sites for hydroxylation is 4. The molecule has 0 aliphatic carbocycles. The molecule has 0 fully saturated rings. The Morgan fingerprint density at radius 2 is 1.61 bits per heavy atom. The Morgan fingerprint density at radius 3 is 2.22 bits per heavy atom. The third kappa shape index (κ3) is 3.73. The van der Waals surface area contributed by atoms with E-state index >= 15 is 0 Å². The van der Waals surface area contributed by atoms with Crippen LogP contribution in [0.3, 0.4) is 0 Å². The van der Waals surface area contributed by atoms with Crippen LogP contribution in [0.25, 0.3) is 0 Å². The number of nitrogens with one attached hydrogen (secondary N) is 1. The molecular weight excluding hydrogens is 286 g/mol. The van der Waals surface area contributed by atoms with Crippen LogP contribution >= 0.6 is 0 Å². The fourth-order valence-corrected chi connectivity index (χ4v) is 2.83. The molecular formula is C20H25NO2. The lowest BCUT2D eigenvalue weighted by molar-refractivity contribution is 0.0939. The summed E-state index contributed by atoms with van der Waals surface area (Å²) >= 11 is 0. The van der Waals surface area contributed by atoms with Gasteiger partial charge in [0.05, 0.1) is 13.2 Å². The highest BCUT2D eigenvalue weighted by Crippen LogP contribution is 2.23. The van der Waals surface area contributed by atoms with Gasteiger partial charge in [0.2, 0.25) is 0 Å². The monoisotopic (exact) mass is 311 g/mol. The molecule has 0 bridgehead atoms. The number of methoxy groups -OCH3 is 1. The number of benzene rings is 2. The quantitative estimate of drug-likeness (QED) is 0.907. The van der Waals surface area contributed by atoms with Crippen molar-refractivity contribution in [2.75, 3.05) is 7.11 Å². The van der Waals surface area contributed by atoms with Crippen LogP contribution in [0.15, 0.2) is 30.3 Å². The summed E-state index contributed by atoms with van der Waals surface area (Å²) in [6.07, 6.45) is 0. The Morgan fingerprint density at radius 1 is 0.957 bits per heavy atom. The Hall–Kier alpha value is -2.29. The molecule has 0 radical (unpaired) electrons. The molecule has 0 aliphatic rings. The van der Waals surface area contributed by atoms with E-state index in [1.165, 1.54) is 16.7 Å². The summed E-state index contributed by atoms with van der Waals surface area (Å²) in [5, 5.41) is 3.08. The average Bonchev–Trinajstić information content (AvgIpc) is 2.50. The van der Waals surface area contributed by atoms with E-state index in [2.05, 4.69) is 38.2 Å². The van der Waals surface area contributed by atoms with Gasteiger partial charge >= 0.3 is 0 Å². The first-order valence-electron chi connectivity index (χ1n) is 7.86. The van der Waals surface area contributed by atoms with Gasteiger partial charge in [0.15, 0.2) is 0 Å². The van der Waals surface area contributed by atoms with Crippen molar-refractivity contribution in [3.63, 3.8) is 0 Å².